The summed E-state index contributed by atoms with van der Waals surface area (Å²) in [4.78, 5) is 11.1. The first-order valence-corrected chi connectivity index (χ1v) is 5.51. The average molecular weight is 241 g/mol. The predicted molar refractivity (Wildman–Crippen MR) is 66.7 cm³/mol. The number of fused-ring (bicyclic) bond motifs is 1. The number of primary amides is 1. The number of rotatable bonds is 2. The maximum Gasteiger partial charge on any atom is 0.248 e. The van der Waals surface area contributed by atoms with Crippen LogP contribution in [0.15, 0.2) is 48.9 Å². The van der Waals surface area contributed by atoms with Crippen molar-refractivity contribution in [1.82, 2.24) is 9.78 Å². The van der Waals surface area contributed by atoms with Crippen LogP contribution in [0.1, 0.15) is 16.6 Å². The number of carbonyl (C=O) groups excluding carboxylic acids is 1. The van der Waals surface area contributed by atoms with Gasteiger partial charge in [0.05, 0.1) is 18.0 Å². The van der Waals surface area contributed by atoms with Crippen molar-refractivity contribution in [1.29, 1.82) is 0 Å². The smallest absolute Gasteiger partial charge is 0.248 e. The van der Waals surface area contributed by atoms with Gasteiger partial charge in [0.1, 0.15) is 0 Å². The number of allylic oxidation sites excluding steroid dienone is 2. The highest BCUT2D eigenvalue weighted by Gasteiger charge is 2.13. The van der Waals surface area contributed by atoms with Gasteiger partial charge in [0, 0.05) is 10.9 Å². The molecule has 1 aromatic carbocycles. The fraction of sp³-hybridized carbons (Fsp3) is 0.0769. The molecule has 5 nitrogen and oxygen atoms in total. The molecule has 2 aromatic rings. The zero-order valence-electron chi connectivity index (χ0n) is 9.48. The summed E-state index contributed by atoms with van der Waals surface area (Å²) in [5, 5.41) is 5.13. The molecule has 90 valence electrons. The van der Waals surface area contributed by atoms with E-state index in [1.165, 1.54) is 0 Å². The highest BCUT2D eigenvalue weighted by molar-refractivity contribution is 5.96. The van der Waals surface area contributed by atoms with Crippen LogP contribution in [0.3, 0.4) is 0 Å². The molecular formula is C13H11N3O2. The van der Waals surface area contributed by atoms with Crippen LogP contribution in [0.2, 0.25) is 0 Å². The van der Waals surface area contributed by atoms with Gasteiger partial charge in [-0.1, -0.05) is 6.08 Å². The minimum atomic E-state index is -0.443. The molecular weight excluding hydrogens is 230 g/mol. The molecule has 0 radical (unpaired) electrons. The summed E-state index contributed by atoms with van der Waals surface area (Å²) in [5.41, 5.74) is 6.61. The Morgan fingerprint density at radius 3 is 3.00 bits per heavy atom. The molecule has 0 saturated heterocycles. The molecule has 0 fully saturated rings. The van der Waals surface area contributed by atoms with Gasteiger partial charge in [-0.15, -0.1) is 0 Å². The fourth-order valence-electron chi connectivity index (χ4n) is 1.92. The first-order chi connectivity index (χ1) is 8.75. The molecule has 0 saturated carbocycles. The Hall–Kier alpha value is -2.56. The summed E-state index contributed by atoms with van der Waals surface area (Å²) in [6.07, 6.45) is 8.67. The second kappa shape index (κ2) is 4.03. The van der Waals surface area contributed by atoms with Crippen molar-refractivity contribution in [3.8, 4) is 0 Å². The molecule has 5 heteroatoms. The first kappa shape index (κ1) is 10.6. The molecule has 2 N–H and O–H groups in total. The Bertz CT molecular complexity index is 670. The van der Waals surface area contributed by atoms with Crippen molar-refractivity contribution >= 4 is 16.8 Å². The van der Waals surface area contributed by atoms with Gasteiger partial charge < -0.3 is 10.5 Å². The van der Waals surface area contributed by atoms with E-state index >= 15 is 0 Å². The van der Waals surface area contributed by atoms with Crippen LogP contribution in [-0.2, 0) is 4.74 Å². The molecule has 1 amide bonds. The van der Waals surface area contributed by atoms with Gasteiger partial charge in [0.2, 0.25) is 12.1 Å². The predicted octanol–water partition coefficient (Wildman–Crippen LogP) is 1.73. The van der Waals surface area contributed by atoms with Crippen molar-refractivity contribution < 1.29 is 9.53 Å². The lowest BCUT2D eigenvalue weighted by molar-refractivity contribution is 0.100. The molecule has 18 heavy (non-hydrogen) atoms. The van der Waals surface area contributed by atoms with E-state index < -0.39 is 5.91 Å². The maximum absolute atomic E-state index is 11.1. The number of ether oxygens (including phenoxy) is 1. The Morgan fingerprint density at radius 2 is 2.28 bits per heavy atom. The minimum absolute atomic E-state index is 0.257. The zero-order chi connectivity index (χ0) is 12.5. The lowest BCUT2D eigenvalue weighted by atomic mass is 10.1. The molecule has 1 aliphatic rings. The van der Waals surface area contributed by atoms with E-state index in [0.29, 0.717) is 5.56 Å². The quantitative estimate of drug-likeness (QED) is 0.870. The minimum Gasteiger partial charge on any atom is -0.473 e. The third-order valence-corrected chi connectivity index (χ3v) is 2.80. The van der Waals surface area contributed by atoms with E-state index in [1.54, 1.807) is 29.3 Å². The largest absolute Gasteiger partial charge is 0.473 e. The lowest BCUT2D eigenvalue weighted by Crippen LogP contribution is -2.12. The van der Waals surface area contributed by atoms with E-state index in [9.17, 15) is 4.79 Å². The summed E-state index contributed by atoms with van der Waals surface area (Å²) in [5.74, 6) is -0.443. The monoisotopic (exact) mass is 241 g/mol. The van der Waals surface area contributed by atoms with Gasteiger partial charge in [-0.05, 0) is 30.4 Å². The summed E-state index contributed by atoms with van der Waals surface area (Å²) in [6, 6.07) is 5.23. The number of nitrogens with zero attached hydrogens (tertiary/aromatic N) is 2. The van der Waals surface area contributed by atoms with Gasteiger partial charge in [-0.25, -0.2) is 4.68 Å². The molecule has 3 rings (SSSR count). The Labute approximate surface area is 103 Å². The Morgan fingerprint density at radius 1 is 1.39 bits per heavy atom. The summed E-state index contributed by atoms with van der Waals surface area (Å²) >= 11 is 0. The van der Waals surface area contributed by atoms with Crippen LogP contribution in [0.5, 0.6) is 0 Å². The second-order valence-electron chi connectivity index (χ2n) is 3.97. The number of carbonyl (C=O) groups is 1. The van der Waals surface area contributed by atoms with E-state index in [4.69, 9.17) is 10.5 Å². The standard InChI is InChI=1S/C13H11N3O2/c14-13(17)9-4-5-11-10(7-9)8-15-16(11)12-3-1-2-6-18-12/h1-8,12H,(H2,14,17). The fourth-order valence-corrected chi connectivity index (χ4v) is 1.92. The molecule has 1 aliphatic heterocycles. The second-order valence-corrected chi connectivity index (χ2v) is 3.97. The number of hydrogen-bond donors (Lipinski definition) is 1. The SMILES string of the molecule is NC(=O)c1ccc2c(cnn2C2C=CC=CO2)c1. The third kappa shape index (κ3) is 1.66. The molecule has 1 atom stereocenters. The Balaban J connectivity index is 2.07. The third-order valence-electron chi connectivity index (χ3n) is 2.80. The van der Waals surface area contributed by atoms with Crippen LogP contribution in [0.25, 0.3) is 10.9 Å². The summed E-state index contributed by atoms with van der Waals surface area (Å²) in [7, 11) is 0. The number of amides is 1. The van der Waals surface area contributed by atoms with Gasteiger partial charge >= 0.3 is 0 Å². The maximum atomic E-state index is 11.1. The summed E-state index contributed by atoms with van der Waals surface area (Å²) < 4.78 is 7.20. The highest BCUT2D eigenvalue weighted by Crippen LogP contribution is 2.22. The molecule has 0 bridgehead atoms. The molecule has 2 heterocycles. The van der Waals surface area contributed by atoms with Gasteiger partial charge in [0.15, 0.2) is 0 Å². The number of hydrogen-bond acceptors (Lipinski definition) is 3. The molecule has 0 aliphatic carbocycles. The number of aromatic nitrogens is 2. The first-order valence-electron chi connectivity index (χ1n) is 5.51. The average Bonchev–Trinajstić information content (AvgIpc) is 2.82. The van der Waals surface area contributed by atoms with Crippen LogP contribution in [-0.4, -0.2) is 15.7 Å². The Kier molecular flexibility index (Phi) is 2.37. The van der Waals surface area contributed by atoms with Crippen molar-refractivity contribution in [3.05, 3.63) is 54.4 Å². The topological polar surface area (TPSA) is 70.1 Å². The molecule has 1 unspecified atom stereocenters. The van der Waals surface area contributed by atoms with E-state index in [1.807, 2.05) is 24.3 Å². The molecule has 0 spiro atoms. The number of benzene rings is 1. The van der Waals surface area contributed by atoms with Crippen molar-refractivity contribution in [2.75, 3.05) is 0 Å². The van der Waals surface area contributed by atoms with E-state index in [-0.39, 0.29) is 6.23 Å². The van der Waals surface area contributed by atoms with Crippen molar-refractivity contribution in [2.45, 2.75) is 6.23 Å². The van der Waals surface area contributed by atoms with Crippen LogP contribution >= 0.6 is 0 Å². The number of nitrogens with two attached hydrogens (primary N) is 1. The summed E-state index contributed by atoms with van der Waals surface area (Å²) in [6.45, 7) is 0. The van der Waals surface area contributed by atoms with Gasteiger partial charge in [-0.2, -0.15) is 5.10 Å². The highest BCUT2D eigenvalue weighted by atomic mass is 16.5. The van der Waals surface area contributed by atoms with E-state index in [0.717, 1.165) is 10.9 Å². The zero-order valence-corrected chi connectivity index (χ0v) is 9.48. The van der Waals surface area contributed by atoms with Crippen LogP contribution in [0.4, 0.5) is 0 Å². The van der Waals surface area contributed by atoms with Crippen LogP contribution in [0, 0.1) is 0 Å². The normalized spacial score (nSPS) is 17.9. The van der Waals surface area contributed by atoms with E-state index in [2.05, 4.69) is 5.10 Å². The van der Waals surface area contributed by atoms with Crippen LogP contribution < -0.4 is 5.73 Å². The van der Waals surface area contributed by atoms with Crippen molar-refractivity contribution in [2.24, 2.45) is 5.73 Å². The van der Waals surface area contributed by atoms with Gasteiger partial charge in [0.25, 0.3) is 0 Å². The van der Waals surface area contributed by atoms with Gasteiger partial charge in [-0.3, -0.25) is 4.79 Å². The van der Waals surface area contributed by atoms with Crippen molar-refractivity contribution in [3.63, 3.8) is 0 Å². The molecule has 1 aromatic heterocycles. The lowest BCUT2D eigenvalue weighted by Gasteiger charge is -2.16.